The van der Waals surface area contributed by atoms with Crippen LogP contribution in [0, 0.1) is 0 Å². The number of hydrogen-bond donors (Lipinski definition) is 2. The first kappa shape index (κ1) is 16.0. The molecule has 4 nitrogen and oxygen atoms in total. The summed E-state index contributed by atoms with van der Waals surface area (Å²) in [6.45, 7) is 2.14. The molecule has 1 aliphatic rings. The lowest BCUT2D eigenvalue weighted by Gasteiger charge is -2.23. The normalized spacial score (nSPS) is 20.0. The van der Waals surface area contributed by atoms with Crippen LogP contribution in [0.15, 0.2) is 24.3 Å². The Morgan fingerprint density at radius 1 is 1.29 bits per heavy atom. The third kappa shape index (κ3) is 3.83. The summed E-state index contributed by atoms with van der Waals surface area (Å²) in [4.78, 5) is 13.6. The maximum absolute atomic E-state index is 11.9. The summed E-state index contributed by atoms with van der Waals surface area (Å²) in [5.74, 6) is 0.0605. The van der Waals surface area contributed by atoms with Gasteiger partial charge in [0.15, 0.2) is 0 Å². The summed E-state index contributed by atoms with van der Waals surface area (Å²) < 4.78 is 0. The highest BCUT2D eigenvalue weighted by molar-refractivity contribution is 5.96. The fourth-order valence-electron chi connectivity index (χ4n) is 2.88. The summed E-state index contributed by atoms with van der Waals surface area (Å²) in [7, 11) is 0. The first-order valence-corrected chi connectivity index (χ1v) is 7.88. The molecule has 21 heavy (non-hydrogen) atoms. The number of carbonyl (C=O) groups is 1. The molecule has 1 aromatic carbocycles. The predicted molar refractivity (Wildman–Crippen MR) is 83.1 cm³/mol. The van der Waals surface area contributed by atoms with Crippen molar-refractivity contribution < 1.29 is 15.0 Å². The standard InChI is InChI=1S/C17H25NO3/c1-2-3-4-5-16(20)13-6-8-14(9-7-13)18-15(12-19)10-11-17(18)21/h6-9,15-16,19-20H,2-5,10-12H2,1H3. The second-order valence-electron chi connectivity index (χ2n) is 5.74. The van der Waals surface area contributed by atoms with E-state index >= 15 is 0 Å². The van der Waals surface area contributed by atoms with E-state index in [4.69, 9.17) is 0 Å². The Hall–Kier alpha value is -1.39. The number of amides is 1. The highest BCUT2D eigenvalue weighted by Crippen LogP contribution is 2.28. The molecule has 1 saturated heterocycles. The number of aliphatic hydroxyl groups excluding tert-OH is 2. The summed E-state index contributed by atoms with van der Waals surface area (Å²) in [6, 6.07) is 7.38. The van der Waals surface area contributed by atoms with E-state index in [2.05, 4.69) is 6.92 Å². The number of carbonyl (C=O) groups excluding carboxylic acids is 1. The van der Waals surface area contributed by atoms with Gasteiger partial charge >= 0.3 is 0 Å². The van der Waals surface area contributed by atoms with Gasteiger partial charge in [-0.25, -0.2) is 0 Å². The molecule has 1 heterocycles. The SMILES string of the molecule is CCCCCC(O)c1ccc(N2C(=O)CCC2CO)cc1. The van der Waals surface area contributed by atoms with E-state index in [1.807, 2.05) is 24.3 Å². The number of aliphatic hydroxyl groups is 2. The summed E-state index contributed by atoms with van der Waals surface area (Å²) >= 11 is 0. The highest BCUT2D eigenvalue weighted by atomic mass is 16.3. The van der Waals surface area contributed by atoms with Gasteiger partial charge in [-0.2, -0.15) is 0 Å². The van der Waals surface area contributed by atoms with Gasteiger partial charge in [-0.3, -0.25) is 4.79 Å². The van der Waals surface area contributed by atoms with Crippen LogP contribution in [-0.2, 0) is 4.79 Å². The maximum atomic E-state index is 11.9. The van der Waals surface area contributed by atoms with Gasteiger partial charge in [0.05, 0.1) is 18.8 Å². The molecule has 0 aliphatic carbocycles. The van der Waals surface area contributed by atoms with Crippen LogP contribution >= 0.6 is 0 Å². The van der Waals surface area contributed by atoms with E-state index in [1.165, 1.54) is 0 Å². The third-order valence-electron chi connectivity index (χ3n) is 4.17. The zero-order chi connectivity index (χ0) is 15.2. The minimum absolute atomic E-state index is 0.00681. The Bertz CT molecular complexity index is 458. The summed E-state index contributed by atoms with van der Waals surface area (Å²) in [5.41, 5.74) is 1.70. The molecule has 1 amide bonds. The molecule has 1 aromatic rings. The average Bonchev–Trinajstić information content (AvgIpc) is 2.88. The van der Waals surface area contributed by atoms with Crippen LogP contribution in [0.1, 0.15) is 57.1 Å². The Labute approximate surface area is 126 Å². The molecule has 4 heteroatoms. The van der Waals surface area contributed by atoms with E-state index in [9.17, 15) is 15.0 Å². The van der Waals surface area contributed by atoms with Crippen molar-refractivity contribution in [2.45, 2.75) is 57.6 Å². The minimum Gasteiger partial charge on any atom is -0.394 e. The van der Waals surface area contributed by atoms with Crippen molar-refractivity contribution in [2.75, 3.05) is 11.5 Å². The third-order valence-corrected chi connectivity index (χ3v) is 4.17. The van der Waals surface area contributed by atoms with Crippen LogP contribution in [0.25, 0.3) is 0 Å². The zero-order valence-corrected chi connectivity index (χ0v) is 12.7. The van der Waals surface area contributed by atoms with Crippen molar-refractivity contribution >= 4 is 11.6 Å². The van der Waals surface area contributed by atoms with Crippen molar-refractivity contribution in [3.63, 3.8) is 0 Å². The average molecular weight is 291 g/mol. The molecule has 2 atom stereocenters. The molecule has 0 bridgehead atoms. The zero-order valence-electron chi connectivity index (χ0n) is 12.7. The summed E-state index contributed by atoms with van der Waals surface area (Å²) in [5, 5.41) is 19.5. The quantitative estimate of drug-likeness (QED) is 0.759. The van der Waals surface area contributed by atoms with E-state index in [0.717, 1.165) is 36.9 Å². The van der Waals surface area contributed by atoms with Gasteiger partial charge in [-0.05, 0) is 30.5 Å². The maximum Gasteiger partial charge on any atom is 0.227 e. The first-order valence-electron chi connectivity index (χ1n) is 7.88. The smallest absolute Gasteiger partial charge is 0.227 e. The van der Waals surface area contributed by atoms with E-state index < -0.39 is 6.10 Å². The van der Waals surface area contributed by atoms with Crippen LogP contribution in [0.4, 0.5) is 5.69 Å². The lowest BCUT2D eigenvalue weighted by atomic mass is 10.0. The molecule has 2 unspecified atom stereocenters. The second-order valence-corrected chi connectivity index (χ2v) is 5.74. The molecular weight excluding hydrogens is 266 g/mol. The fraction of sp³-hybridized carbons (Fsp3) is 0.588. The lowest BCUT2D eigenvalue weighted by molar-refractivity contribution is -0.117. The van der Waals surface area contributed by atoms with Crippen molar-refractivity contribution in [1.82, 2.24) is 0 Å². The number of anilines is 1. The monoisotopic (exact) mass is 291 g/mol. The van der Waals surface area contributed by atoms with Crippen LogP contribution < -0.4 is 4.90 Å². The van der Waals surface area contributed by atoms with Crippen molar-refractivity contribution in [3.8, 4) is 0 Å². The molecule has 116 valence electrons. The van der Waals surface area contributed by atoms with E-state index in [0.29, 0.717) is 12.8 Å². The number of benzene rings is 1. The molecule has 2 rings (SSSR count). The van der Waals surface area contributed by atoms with Gasteiger partial charge in [-0.15, -0.1) is 0 Å². The van der Waals surface area contributed by atoms with Crippen molar-refractivity contribution in [1.29, 1.82) is 0 Å². The Balaban J connectivity index is 2.03. The van der Waals surface area contributed by atoms with Crippen molar-refractivity contribution in [3.05, 3.63) is 29.8 Å². The number of unbranched alkanes of at least 4 members (excludes halogenated alkanes) is 2. The van der Waals surface area contributed by atoms with Crippen LogP contribution in [0.2, 0.25) is 0 Å². The number of nitrogens with zero attached hydrogens (tertiary/aromatic N) is 1. The van der Waals surface area contributed by atoms with Crippen LogP contribution in [-0.4, -0.2) is 28.8 Å². The van der Waals surface area contributed by atoms with Crippen LogP contribution in [0.3, 0.4) is 0 Å². The number of hydrogen-bond acceptors (Lipinski definition) is 3. The van der Waals surface area contributed by atoms with Crippen LogP contribution in [0.5, 0.6) is 0 Å². The lowest BCUT2D eigenvalue weighted by Crippen LogP contribution is -2.35. The largest absolute Gasteiger partial charge is 0.394 e. The molecule has 0 saturated carbocycles. The van der Waals surface area contributed by atoms with Gasteiger partial charge in [-0.1, -0.05) is 38.3 Å². The Morgan fingerprint density at radius 2 is 2.00 bits per heavy atom. The summed E-state index contributed by atoms with van der Waals surface area (Å²) in [6.07, 6.45) is 4.84. The Kier molecular flexibility index (Phi) is 5.76. The molecule has 1 fully saturated rings. The molecular formula is C17H25NO3. The number of rotatable bonds is 7. The highest BCUT2D eigenvalue weighted by Gasteiger charge is 2.31. The minimum atomic E-state index is -0.437. The van der Waals surface area contributed by atoms with E-state index in [1.54, 1.807) is 4.90 Å². The van der Waals surface area contributed by atoms with Gasteiger partial charge in [0.1, 0.15) is 0 Å². The van der Waals surface area contributed by atoms with Gasteiger partial charge in [0, 0.05) is 12.1 Å². The first-order chi connectivity index (χ1) is 10.2. The molecule has 0 radical (unpaired) electrons. The second kappa shape index (κ2) is 7.57. The van der Waals surface area contributed by atoms with E-state index in [-0.39, 0.29) is 18.6 Å². The fourth-order valence-corrected chi connectivity index (χ4v) is 2.88. The molecule has 0 aromatic heterocycles. The topological polar surface area (TPSA) is 60.8 Å². The predicted octanol–water partition coefficient (Wildman–Crippen LogP) is 2.79. The molecule has 2 N–H and O–H groups in total. The molecule has 1 aliphatic heterocycles. The van der Waals surface area contributed by atoms with Gasteiger partial charge in [0.25, 0.3) is 0 Å². The van der Waals surface area contributed by atoms with Gasteiger partial charge in [0.2, 0.25) is 5.91 Å². The van der Waals surface area contributed by atoms with Gasteiger partial charge < -0.3 is 15.1 Å². The Morgan fingerprint density at radius 3 is 2.62 bits per heavy atom. The van der Waals surface area contributed by atoms with Crippen molar-refractivity contribution in [2.24, 2.45) is 0 Å². The molecule has 0 spiro atoms.